The number of hydrogen-bond donors (Lipinski definition) is 0. The van der Waals surface area contributed by atoms with E-state index in [1.165, 1.54) is 0 Å². The first-order chi connectivity index (χ1) is 5.70. The van der Waals surface area contributed by atoms with Gasteiger partial charge in [0.1, 0.15) is 0 Å². The molecule has 1 rings (SSSR count). The van der Waals surface area contributed by atoms with Gasteiger partial charge in [0.2, 0.25) is 0 Å². The van der Waals surface area contributed by atoms with Gasteiger partial charge >= 0.3 is 0 Å². The van der Waals surface area contributed by atoms with Crippen molar-refractivity contribution >= 4 is 10.8 Å². The SMILES string of the molecule is C=CC1=C(C=C)S(=O)CCC1=C. The highest BCUT2D eigenvalue weighted by atomic mass is 32.2. The Labute approximate surface area is 75.6 Å². The molecular formula is C10H12OS. The van der Waals surface area contributed by atoms with Crippen LogP contribution in [-0.4, -0.2) is 9.96 Å². The number of rotatable bonds is 2. The standard InChI is InChI=1S/C10H12OS/c1-4-9-8(3)6-7-12(11)10(9)5-2/h4-5H,1-3,6-7H2. The van der Waals surface area contributed by atoms with E-state index in [-0.39, 0.29) is 0 Å². The summed E-state index contributed by atoms with van der Waals surface area (Å²) in [6.45, 7) is 11.2. The lowest BCUT2D eigenvalue weighted by Gasteiger charge is -2.16. The molecule has 64 valence electrons. The molecule has 0 bridgehead atoms. The van der Waals surface area contributed by atoms with Crippen molar-refractivity contribution in [3.05, 3.63) is 47.9 Å². The molecule has 1 atom stereocenters. The third-order valence-corrected chi connectivity index (χ3v) is 3.32. The quantitative estimate of drug-likeness (QED) is 0.637. The minimum atomic E-state index is -0.899. The Bertz CT molecular complexity index is 267. The van der Waals surface area contributed by atoms with Gasteiger partial charge in [-0.15, -0.1) is 0 Å². The van der Waals surface area contributed by atoms with Crippen LogP contribution in [-0.2, 0) is 10.8 Å². The van der Waals surface area contributed by atoms with Gasteiger partial charge in [-0.3, -0.25) is 4.21 Å². The molecule has 2 heteroatoms. The van der Waals surface area contributed by atoms with Crippen LogP contribution in [0.15, 0.2) is 47.9 Å². The van der Waals surface area contributed by atoms with Crippen molar-refractivity contribution in [3.8, 4) is 0 Å². The molecule has 1 nitrogen and oxygen atoms in total. The van der Waals surface area contributed by atoms with Crippen LogP contribution in [0, 0.1) is 0 Å². The summed E-state index contributed by atoms with van der Waals surface area (Å²) < 4.78 is 11.4. The van der Waals surface area contributed by atoms with E-state index < -0.39 is 10.8 Å². The lowest BCUT2D eigenvalue weighted by molar-refractivity contribution is 0.685. The second kappa shape index (κ2) is 3.68. The third-order valence-electron chi connectivity index (χ3n) is 1.87. The van der Waals surface area contributed by atoms with Gasteiger partial charge in [0.25, 0.3) is 0 Å². The van der Waals surface area contributed by atoms with Crippen LogP contribution in [0.5, 0.6) is 0 Å². The number of allylic oxidation sites excluding steroid dienone is 4. The first kappa shape index (κ1) is 9.20. The van der Waals surface area contributed by atoms with Crippen molar-refractivity contribution in [2.75, 3.05) is 5.75 Å². The van der Waals surface area contributed by atoms with E-state index in [1.807, 2.05) is 0 Å². The zero-order chi connectivity index (χ0) is 9.14. The predicted molar refractivity (Wildman–Crippen MR) is 54.2 cm³/mol. The second-order valence-electron chi connectivity index (χ2n) is 2.59. The molecule has 0 fully saturated rings. The summed E-state index contributed by atoms with van der Waals surface area (Å²) in [5.41, 5.74) is 1.93. The summed E-state index contributed by atoms with van der Waals surface area (Å²) in [5, 5.41) is 0. The van der Waals surface area contributed by atoms with Crippen LogP contribution in [0.25, 0.3) is 0 Å². The minimum Gasteiger partial charge on any atom is -0.254 e. The van der Waals surface area contributed by atoms with Crippen molar-refractivity contribution in [2.45, 2.75) is 6.42 Å². The Morgan fingerprint density at radius 3 is 2.42 bits per heavy atom. The van der Waals surface area contributed by atoms with Crippen LogP contribution >= 0.6 is 0 Å². The lowest BCUT2D eigenvalue weighted by atomic mass is 10.0. The van der Waals surface area contributed by atoms with Crippen LogP contribution in [0.2, 0.25) is 0 Å². The van der Waals surface area contributed by atoms with Crippen LogP contribution < -0.4 is 0 Å². The van der Waals surface area contributed by atoms with E-state index in [2.05, 4.69) is 19.7 Å². The van der Waals surface area contributed by atoms with Gasteiger partial charge < -0.3 is 0 Å². The van der Waals surface area contributed by atoms with E-state index >= 15 is 0 Å². The van der Waals surface area contributed by atoms with E-state index in [1.54, 1.807) is 12.2 Å². The molecule has 0 aromatic carbocycles. The van der Waals surface area contributed by atoms with Crippen molar-refractivity contribution in [1.82, 2.24) is 0 Å². The molecule has 0 spiro atoms. The Morgan fingerprint density at radius 2 is 2.00 bits per heavy atom. The molecule has 0 aromatic rings. The van der Waals surface area contributed by atoms with Gasteiger partial charge in [-0.25, -0.2) is 0 Å². The molecular weight excluding hydrogens is 168 g/mol. The smallest absolute Gasteiger partial charge is 0.0538 e. The molecule has 1 unspecified atom stereocenters. The maximum Gasteiger partial charge on any atom is 0.0538 e. The summed E-state index contributed by atoms with van der Waals surface area (Å²) in [7, 11) is -0.899. The van der Waals surface area contributed by atoms with Gasteiger partial charge in [0.05, 0.1) is 10.8 Å². The van der Waals surface area contributed by atoms with Crippen molar-refractivity contribution in [2.24, 2.45) is 0 Å². The molecule has 1 aliphatic heterocycles. The molecule has 0 amide bonds. The largest absolute Gasteiger partial charge is 0.254 e. The fraction of sp³-hybridized carbons (Fsp3) is 0.200. The fourth-order valence-electron chi connectivity index (χ4n) is 1.21. The van der Waals surface area contributed by atoms with Crippen LogP contribution in [0.1, 0.15) is 6.42 Å². The van der Waals surface area contributed by atoms with Gasteiger partial charge in [-0.1, -0.05) is 31.9 Å². The first-order valence-corrected chi connectivity index (χ1v) is 5.08. The van der Waals surface area contributed by atoms with Crippen molar-refractivity contribution in [3.63, 3.8) is 0 Å². The average Bonchev–Trinajstić information content (AvgIpc) is 2.08. The summed E-state index contributed by atoms with van der Waals surface area (Å²) in [4.78, 5) is 0.779. The van der Waals surface area contributed by atoms with E-state index in [0.29, 0.717) is 5.75 Å². The maximum atomic E-state index is 11.4. The topological polar surface area (TPSA) is 17.1 Å². The summed E-state index contributed by atoms with van der Waals surface area (Å²) in [6.07, 6.45) is 4.14. The van der Waals surface area contributed by atoms with Gasteiger partial charge in [-0.05, 0) is 17.6 Å². The molecule has 0 saturated carbocycles. The molecule has 1 aliphatic rings. The molecule has 12 heavy (non-hydrogen) atoms. The highest BCUT2D eigenvalue weighted by Crippen LogP contribution is 2.26. The third kappa shape index (κ3) is 1.48. The Kier molecular flexibility index (Phi) is 2.82. The summed E-state index contributed by atoms with van der Waals surface area (Å²) in [5.74, 6) is 0.664. The highest BCUT2D eigenvalue weighted by Gasteiger charge is 2.17. The van der Waals surface area contributed by atoms with Gasteiger partial charge in [0.15, 0.2) is 0 Å². The molecule has 0 N–H and O–H groups in total. The average molecular weight is 180 g/mol. The summed E-state index contributed by atoms with van der Waals surface area (Å²) >= 11 is 0. The zero-order valence-corrected chi connectivity index (χ0v) is 7.82. The molecule has 0 aliphatic carbocycles. The Balaban J connectivity index is 3.23. The normalized spacial score (nSPS) is 24.0. The fourth-order valence-corrected chi connectivity index (χ4v) is 2.52. The number of hydrogen-bond acceptors (Lipinski definition) is 1. The van der Waals surface area contributed by atoms with Crippen LogP contribution in [0.3, 0.4) is 0 Å². The van der Waals surface area contributed by atoms with E-state index in [9.17, 15) is 4.21 Å². The zero-order valence-electron chi connectivity index (χ0n) is 7.01. The molecule has 0 aromatic heterocycles. The molecule has 0 radical (unpaired) electrons. The summed E-state index contributed by atoms with van der Waals surface area (Å²) in [6, 6.07) is 0. The monoisotopic (exact) mass is 180 g/mol. The first-order valence-electron chi connectivity index (χ1n) is 3.76. The minimum absolute atomic E-state index is 0.664. The van der Waals surface area contributed by atoms with Gasteiger partial charge in [-0.2, -0.15) is 0 Å². The Hall–Kier alpha value is -0.890. The maximum absolute atomic E-state index is 11.4. The van der Waals surface area contributed by atoms with E-state index in [0.717, 1.165) is 22.5 Å². The second-order valence-corrected chi connectivity index (χ2v) is 4.13. The molecule has 1 heterocycles. The Morgan fingerprint density at radius 1 is 1.33 bits per heavy atom. The van der Waals surface area contributed by atoms with Crippen molar-refractivity contribution in [1.29, 1.82) is 0 Å². The van der Waals surface area contributed by atoms with Gasteiger partial charge in [0, 0.05) is 10.7 Å². The van der Waals surface area contributed by atoms with Crippen molar-refractivity contribution < 1.29 is 4.21 Å². The predicted octanol–water partition coefficient (Wildman–Crippen LogP) is 2.32. The van der Waals surface area contributed by atoms with E-state index in [4.69, 9.17) is 0 Å². The van der Waals surface area contributed by atoms with Crippen LogP contribution in [0.4, 0.5) is 0 Å². The lowest BCUT2D eigenvalue weighted by Crippen LogP contribution is -2.09. The highest BCUT2D eigenvalue weighted by molar-refractivity contribution is 7.89. The molecule has 0 saturated heterocycles.